The fraction of sp³-hybridized carbons (Fsp3) is 0.360. The highest BCUT2D eigenvalue weighted by atomic mass is 19.2. The average molecular weight is 458 g/mol. The van der Waals surface area contributed by atoms with Gasteiger partial charge in [0.05, 0.1) is 5.54 Å². The number of carbonyl (C=O) groups excluding carboxylic acids is 2. The van der Waals surface area contributed by atoms with Crippen LogP contribution in [0.1, 0.15) is 56.1 Å². The first kappa shape index (κ1) is 22.9. The van der Waals surface area contributed by atoms with Crippen LogP contribution in [-0.2, 0) is 16.0 Å². The van der Waals surface area contributed by atoms with Crippen LogP contribution in [0.15, 0.2) is 47.7 Å². The summed E-state index contributed by atoms with van der Waals surface area (Å²) in [6.45, 7) is 1.31. The monoisotopic (exact) mass is 458 g/mol. The van der Waals surface area contributed by atoms with E-state index in [0.29, 0.717) is 17.7 Å². The van der Waals surface area contributed by atoms with Crippen LogP contribution in [0.3, 0.4) is 0 Å². The zero-order valence-electron chi connectivity index (χ0n) is 18.2. The topological polar surface area (TPSA) is 78.4 Å². The van der Waals surface area contributed by atoms with Crippen LogP contribution in [0.5, 0.6) is 0 Å². The highest BCUT2D eigenvalue weighted by molar-refractivity contribution is 6.24. The normalized spacial score (nSPS) is 21.3. The first-order chi connectivity index (χ1) is 15.7. The Bertz CT molecular complexity index is 1120. The molecule has 2 amide bonds. The van der Waals surface area contributed by atoms with Gasteiger partial charge in [-0.3, -0.25) is 9.59 Å². The Balaban J connectivity index is 1.52. The average Bonchev–Trinajstić information content (AvgIpc) is 3.03. The van der Waals surface area contributed by atoms with Crippen LogP contribution in [-0.4, -0.2) is 22.5 Å². The van der Waals surface area contributed by atoms with Gasteiger partial charge in [0.1, 0.15) is 17.1 Å². The maximum atomic E-state index is 14.1. The Morgan fingerprint density at radius 2 is 1.70 bits per heavy atom. The van der Waals surface area contributed by atoms with E-state index < -0.39 is 58.1 Å². The van der Waals surface area contributed by atoms with Gasteiger partial charge in [-0.1, -0.05) is 31.4 Å². The van der Waals surface area contributed by atoms with E-state index in [4.69, 9.17) is 0 Å². The van der Waals surface area contributed by atoms with Crippen molar-refractivity contribution in [1.82, 2.24) is 5.32 Å². The smallest absolute Gasteiger partial charge is 0.264 e. The molecule has 2 aliphatic rings. The molecule has 0 radical (unpaired) electrons. The van der Waals surface area contributed by atoms with Crippen molar-refractivity contribution in [3.8, 4) is 0 Å². The Morgan fingerprint density at radius 3 is 2.36 bits per heavy atom. The van der Waals surface area contributed by atoms with E-state index in [1.165, 1.54) is 31.7 Å². The van der Waals surface area contributed by atoms with Crippen LogP contribution >= 0.6 is 0 Å². The van der Waals surface area contributed by atoms with Gasteiger partial charge in [-0.25, -0.2) is 13.2 Å². The van der Waals surface area contributed by atoms with E-state index >= 15 is 0 Å². The molecule has 33 heavy (non-hydrogen) atoms. The van der Waals surface area contributed by atoms with E-state index in [0.717, 1.165) is 18.9 Å². The molecule has 0 spiro atoms. The largest absolute Gasteiger partial charge is 0.509 e. The zero-order valence-corrected chi connectivity index (χ0v) is 18.2. The SMILES string of the molecule is CC1(Cc2c(F)ccc(F)c2F)NC(=O)C(C(=O)Nc2ccc(C3CCCCC3)cc2)=C1O. The molecule has 1 unspecified atom stereocenters. The molecule has 2 aromatic carbocycles. The number of carbonyl (C=O) groups is 2. The molecule has 0 aromatic heterocycles. The van der Waals surface area contributed by atoms with Crippen molar-refractivity contribution >= 4 is 17.5 Å². The predicted octanol–water partition coefficient (Wildman–Crippen LogP) is 5.03. The van der Waals surface area contributed by atoms with Crippen molar-refractivity contribution in [1.29, 1.82) is 0 Å². The van der Waals surface area contributed by atoms with Gasteiger partial charge in [0.15, 0.2) is 11.6 Å². The van der Waals surface area contributed by atoms with Crippen LogP contribution < -0.4 is 10.6 Å². The Hall–Kier alpha value is -3.29. The first-order valence-electron chi connectivity index (χ1n) is 11.0. The molecule has 4 rings (SSSR count). The molecular weight excluding hydrogens is 433 g/mol. The van der Waals surface area contributed by atoms with Crippen molar-refractivity contribution in [3.05, 3.63) is 76.3 Å². The highest BCUT2D eigenvalue weighted by Crippen LogP contribution is 2.34. The Kier molecular flexibility index (Phi) is 6.19. The number of rotatable bonds is 5. The van der Waals surface area contributed by atoms with E-state index in [9.17, 15) is 27.9 Å². The molecule has 0 bridgehead atoms. The molecule has 8 heteroatoms. The van der Waals surface area contributed by atoms with Gasteiger partial charge in [0, 0.05) is 17.7 Å². The van der Waals surface area contributed by atoms with Gasteiger partial charge in [-0.15, -0.1) is 0 Å². The van der Waals surface area contributed by atoms with Gasteiger partial charge < -0.3 is 15.7 Å². The van der Waals surface area contributed by atoms with Gasteiger partial charge >= 0.3 is 0 Å². The van der Waals surface area contributed by atoms with Gasteiger partial charge in [-0.2, -0.15) is 0 Å². The molecular formula is C25H25F3N2O3. The van der Waals surface area contributed by atoms with Gasteiger partial charge in [0.25, 0.3) is 11.8 Å². The summed E-state index contributed by atoms with van der Waals surface area (Å²) in [5.41, 5.74) is -1.22. The van der Waals surface area contributed by atoms with E-state index in [1.54, 1.807) is 12.1 Å². The van der Waals surface area contributed by atoms with E-state index in [-0.39, 0.29) is 0 Å². The van der Waals surface area contributed by atoms with Crippen molar-refractivity contribution in [2.45, 2.75) is 56.9 Å². The molecule has 3 N–H and O–H groups in total. The molecule has 1 fully saturated rings. The molecule has 2 aromatic rings. The summed E-state index contributed by atoms with van der Waals surface area (Å²) < 4.78 is 41.8. The molecule has 1 atom stereocenters. The van der Waals surface area contributed by atoms with Crippen molar-refractivity contribution in [2.75, 3.05) is 5.32 Å². The third-order valence-electron chi connectivity index (χ3n) is 6.52. The maximum absolute atomic E-state index is 14.1. The summed E-state index contributed by atoms with van der Waals surface area (Å²) in [4.78, 5) is 25.2. The lowest BCUT2D eigenvalue weighted by Crippen LogP contribution is -2.44. The predicted molar refractivity (Wildman–Crippen MR) is 117 cm³/mol. The van der Waals surface area contributed by atoms with E-state index in [2.05, 4.69) is 10.6 Å². The highest BCUT2D eigenvalue weighted by Gasteiger charge is 2.45. The number of aliphatic hydroxyl groups is 1. The van der Waals surface area contributed by atoms with Crippen LogP contribution in [0.4, 0.5) is 18.9 Å². The summed E-state index contributed by atoms with van der Waals surface area (Å²) >= 11 is 0. The lowest BCUT2D eigenvalue weighted by atomic mass is 9.84. The first-order valence-corrected chi connectivity index (χ1v) is 11.0. The molecule has 174 valence electrons. The zero-order chi connectivity index (χ0) is 23.8. The van der Waals surface area contributed by atoms with Crippen molar-refractivity contribution in [2.24, 2.45) is 0 Å². The Labute approximate surface area is 189 Å². The molecule has 0 saturated heterocycles. The number of benzene rings is 2. The quantitative estimate of drug-likeness (QED) is 0.434. The van der Waals surface area contributed by atoms with Crippen LogP contribution in [0, 0.1) is 17.5 Å². The van der Waals surface area contributed by atoms with Crippen LogP contribution in [0.25, 0.3) is 0 Å². The number of aliphatic hydroxyl groups excluding tert-OH is 1. The second-order valence-corrected chi connectivity index (χ2v) is 8.92. The summed E-state index contributed by atoms with van der Waals surface area (Å²) in [5, 5.41) is 15.6. The maximum Gasteiger partial charge on any atom is 0.264 e. The summed E-state index contributed by atoms with van der Waals surface area (Å²) in [6.07, 6.45) is 5.35. The second-order valence-electron chi connectivity index (χ2n) is 8.92. The van der Waals surface area contributed by atoms with Crippen molar-refractivity contribution < 1.29 is 27.9 Å². The minimum atomic E-state index is -1.68. The molecule has 1 saturated carbocycles. The van der Waals surface area contributed by atoms with Gasteiger partial charge in [-0.05, 0) is 55.5 Å². The second kappa shape index (κ2) is 8.92. The molecule has 5 nitrogen and oxygen atoms in total. The third kappa shape index (κ3) is 4.47. The minimum absolute atomic E-state index is 0.448. The fourth-order valence-corrected chi connectivity index (χ4v) is 4.65. The van der Waals surface area contributed by atoms with Crippen LogP contribution in [0.2, 0.25) is 0 Å². The number of hydrogen-bond acceptors (Lipinski definition) is 3. The molecule has 1 aliphatic carbocycles. The number of anilines is 1. The molecule has 1 aliphatic heterocycles. The summed E-state index contributed by atoms with van der Waals surface area (Å²) in [5.74, 6) is -5.57. The Morgan fingerprint density at radius 1 is 1.06 bits per heavy atom. The van der Waals surface area contributed by atoms with Crippen molar-refractivity contribution in [3.63, 3.8) is 0 Å². The summed E-state index contributed by atoms with van der Waals surface area (Å²) in [6, 6.07) is 8.77. The number of halogens is 3. The lowest BCUT2D eigenvalue weighted by Gasteiger charge is -2.25. The third-order valence-corrected chi connectivity index (χ3v) is 6.52. The number of amides is 2. The van der Waals surface area contributed by atoms with E-state index in [1.807, 2.05) is 12.1 Å². The number of nitrogens with one attached hydrogen (secondary N) is 2. The van der Waals surface area contributed by atoms with Gasteiger partial charge in [0.2, 0.25) is 0 Å². The fourth-order valence-electron chi connectivity index (χ4n) is 4.65. The lowest BCUT2D eigenvalue weighted by molar-refractivity contribution is -0.121. The summed E-state index contributed by atoms with van der Waals surface area (Å²) in [7, 11) is 0. The minimum Gasteiger partial charge on any atom is -0.509 e. The standard InChI is InChI=1S/C25H25F3N2O3/c1-25(13-17-18(26)11-12-19(27)21(17)28)22(31)20(24(33)30-25)23(32)29-16-9-7-15(8-10-16)14-5-3-2-4-6-14/h7-12,14,31H,2-6,13H2,1H3,(H,29,32)(H,30,33). The molecule has 1 heterocycles. The number of hydrogen-bond donors (Lipinski definition) is 3.